The van der Waals surface area contributed by atoms with Gasteiger partial charge in [-0.05, 0) is 18.2 Å². The fraction of sp³-hybridized carbons (Fsp3) is 0.286. The normalized spacial score (nSPS) is 15.2. The second-order valence-electron chi connectivity index (χ2n) is 6.80. The molecular weight excluding hydrogens is 388 g/mol. The molecule has 1 aliphatic rings. The Morgan fingerprint density at radius 2 is 1.90 bits per heavy atom. The van der Waals surface area contributed by atoms with Gasteiger partial charge in [0.15, 0.2) is 5.76 Å². The molecule has 1 fully saturated rings. The summed E-state index contributed by atoms with van der Waals surface area (Å²) >= 11 is 1.64. The Balaban J connectivity index is 1.36. The van der Waals surface area contributed by atoms with Crippen molar-refractivity contribution in [1.29, 1.82) is 0 Å². The van der Waals surface area contributed by atoms with Crippen LogP contribution in [-0.4, -0.2) is 46.3 Å². The Kier molecular flexibility index (Phi) is 5.29. The first-order chi connectivity index (χ1) is 14.3. The Labute approximate surface area is 172 Å². The zero-order chi connectivity index (χ0) is 19.5. The molecule has 0 unspecified atom stereocenters. The maximum absolute atomic E-state index is 5.44. The molecule has 4 aromatic rings. The van der Waals surface area contributed by atoms with Crippen LogP contribution in [0.4, 0.5) is 0 Å². The number of thioether (sulfide) groups is 1. The molecule has 1 aliphatic heterocycles. The molecule has 0 spiro atoms. The van der Waals surface area contributed by atoms with Crippen molar-refractivity contribution < 1.29 is 13.7 Å². The SMILES string of the molecule is c1coc(-c2cc(CSc3nc(CN4CCOCC4)nc4ccccc34)no2)c1. The molecule has 0 bridgehead atoms. The highest BCUT2D eigenvalue weighted by Gasteiger charge is 2.15. The summed E-state index contributed by atoms with van der Waals surface area (Å²) in [4.78, 5) is 12.0. The summed E-state index contributed by atoms with van der Waals surface area (Å²) < 4.78 is 16.2. The zero-order valence-electron chi connectivity index (χ0n) is 15.8. The van der Waals surface area contributed by atoms with Crippen molar-refractivity contribution in [3.63, 3.8) is 0 Å². The number of para-hydroxylation sites is 1. The number of benzene rings is 1. The van der Waals surface area contributed by atoms with E-state index >= 15 is 0 Å². The summed E-state index contributed by atoms with van der Waals surface area (Å²) in [5.74, 6) is 2.80. The average Bonchev–Trinajstić information content (AvgIpc) is 3.45. The number of fused-ring (bicyclic) bond motifs is 1. The number of nitrogens with zero attached hydrogens (tertiary/aromatic N) is 4. The monoisotopic (exact) mass is 408 g/mol. The van der Waals surface area contributed by atoms with Crippen molar-refractivity contribution in [2.24, 2.45) is 0 Å². The van der Waals surface area contributed by atoms with Gasteiger partial charge in [0.05, 0.1) is 37.2 Å². The lowest BCUT2D eigenvalue weighted by Crippen LogP contribution is -2.36. The first-order valence-electron chi connectivity index (χ1n) is 9.53. The van der Waals surface area contributed by atoms with E-state index in [-0.39, 0.29) is 0 Å². The van der Waals surface area contributed by atoms with E-state index in [1.54, 1.807) is 18.0 Å². The number of ether oxygens (including phenoxy) is 1. The van der Waals surface area contributed by atoms with Crippen molar-refractivity contribution in [2.45, 2.75) is 17.3 Å². The molecule has 1 saturated heterocycles. The van der Waals surface area contributed by atoms with Gasteiger partial charge in [-0.15, -0.1) is 0 Å². The molecule has 7 nitrogen and oxygen atoms in total. The van der Waals surface area contributed by atoms with E-state index in [1.165, 1.54) is 0 Å². The van der Waals surface area contributed by atoms with Gasteiger partial charge in [-0.3, -0.25) is 4.90 Å². The fourth-order valence-corrected chi connectivity index (χ4v) is 4.21. The third-order valence-corrected chi connectivity index (χ3v) is 5.79. The van der Waals surface area contributed by atoms with Gasteiger partial charge in [0, 0.05) is 30.3 Å². The second-order valence-corrected chi connectivity index (χ2v) is 7.76. The lowest BCUT2D eigenvalue weighted by Gasteiger charge is -2.25. The van der Waals surface area contributed by atoms with Crippen molar-refractivity contribution >= 4 is 22.7 Å². The predicted molar refractivity (Wildman–Crippen MR) is 109 cm³/mol. The van der Waals surface area contributed by atoms with Gasteiger partial charge >= 0.3 is 0 Å². The Hall–Kier alpha value is -2.68. The summed E-state index contributed by atoms with van der Waals surface area (Å²) in [6.45, 7) is 4.08. The van der Waals surface area contributed by atoms with Gasteiger partial charge in [-0.25, -0.2) is 9.97 Å². The van der Waals surface area contributed by atoms with Gasteiger partial charge in [0.1, 0.15) is 10.9 Å². The van der Waals surface area contributed by atoms with Crippen LogP contribution in [0.2, 0.25) is 0 Å². The van der Waals surface area contributed by atoms with Crippen LogP contribution in [0.3, 0.4) is 0 Å². The quantitative estimate of drug-likeness (QED) is 0.350. The molecule has 0 amide bonds. The number of morpholine rings is 1. The van der Waals surface area contributed by atoms with E-state index in [9.17, 15) is 0 Å². The molecule has 0 N–H and O–H groups in total. The maximum atomic E-state index is 5.44. The molecule has 0 aliphatic carbocycles. The van der Waals surface area contributed by atoms with Crippen molar-refractivity contribution in [1.82, 2.24) is 20.0 Å². The van der Waals surface area contributed by atoms with Crippen LogP contribution in [0.5, 0.6) is 0 Å². The van der Waals surface area contributed by atoms with Gasteiger partial charge in [-0.2, -0.15) is 0 Å². The van der Waals surface area contributed by atoms with Gasteiger partial charge < -0.3 is 13.7 Å². The minimum atomic E-state index is 0.631. The molecule has 0 radical (unpaired) electrons. The van der Waals surface area contributed by atoms with E-state index in [4.69, 9.17) is 23.6 Å². The van der Waals surface area contributed by atoms with E-state index in [2.05, 4.69) is 16.1 Å². The average molecular weight is 408 g/mol. The molecule has 148 valence electrons. The molecule has 0 atom stereocenters. The van der Waals surface area contributed by atoms with Crippen LogP contribution in [0, 0.1) is 0 Å². The summed E-state index contributed by atoms with van der Waals surface area (Å²) in [6, 6.07) is 13.7. The third-order valence-electron chi connectivity index (χ3n) is 4.76. The van der Waals surface area contributed by atoms with E-state index < -0.39 is 0 Å². The largest absolute Gasteiger partial charge is 0.461 e. The Morgan fingerprint density at radius 1 is 1.00 bits per heavy atom. The van der Waals surface area contributed by atoms with Crippen LogP contribution < -0.4 is 0 Å². The van der Waals surface area contributed by atoms with Crippen LogP contribution in [0.15, 0.2) is 62.7 Å². The highest BCUT2D eigenvalue weighted by atomic mass is 32.2. The number of furan rings is 1. The maximum Gasteiger partial charge on any atom is 0.202 e. The highest BCUT2D eigenvalue weighted by Crippen LogP contribution is 2.29. The predicted octanol–water partition coefficient (Wildman–Crippen LogP) is 4.00. The first-order valence-corrected chi connectivity index (χ1v) is 10.5. The van der Waals surface area contributed by atoms with Crippen LogP contribution in [0.1, 0.15) is 11.5 Å². The number of hydrogen-bond donors (Lipinski definition) is 0. The zero-order valence-corrected chi connectivity index (χ0v) is 16.6. The fourth-order valence-electron chi connectivity index (χ4n) is 3.29. The summed E-state index contributed by atoms with van der Waals surface area (Å²) in [6.07, 6.45) is 1.62. The molecule has 0 saturated carbocycles. The smallest absolute Gasteiger partial charge is 0.202 e. The minimum Gasteiger partial charge on any atom is -0.461 e. The summed E-state index contributed by atoms with van der Waals surface area (Å²) in [5.41, 5.74) is 1.81. The van der Waals surface area contributed by atoms with Crippen molar-refractivity contribution in [3.8, 4) is 11.5 Å². The second kappa shape index (κ2) is 8.36. The molecule has 4 heterocycles. The minimum absolute atomic E-state index is 0.631. The first kappa shape index (κ1) is 18.4. The van der Waals surface area contributed by atoms with Gasteiger partial charge in [0.25, 0.3) is 0 Å². The molecule has 3 aromatic heterocycles. The Bertz CT molecular complexity index is 1090. The number of hydrogen-bond acceptors (Lipinski definition) is 8. The molecule has 8 heteroatoms. The molecule has 1 aromatic carbocycles. The van der Waals surface area contributed by atoms with Gasteiger partial charge in [0.2, 0.25) is 5.76 Å². The topological polar surface area (TPSA) is 77.4 Å². The van der Waals surface area contributed by atoms with Crippen LogP contribution in [0.25, 0.3) is 22.4 Å². The number of rotatable bonds is 6. The van der Waals surface area contributed by atoms with E-state index in [0.717, 1.165) is 60.3 Å². The van der Waals surface area contributed by atoms with Gasteiger partial charge in [-0.1, -0.05) is 35.1 Å². The van der Waals surface area contributed by atoms with Crippen LogP contribution in [-0.2, 0) is 17.0 Å². The van der Waals surface area contributed by atoms with Crippen molar-refractivity contribution in [3.05, 3.63) is 60.2 Å². The number of aromatic nitrogens is 3. The lowest BCUT2D eigenvalue weighted by molar-refractivity contribution is 0.0330. The highest BCUT2D eigenvalue weighted by molar-refractivity contribution is 7.98. The summed E-state index contributed by atoms with van der Waals surface area (Å²) in [5, 5.41) is 6.18. The molecule has 29 heavy (non-hydrogen) atoms. The lowest BCUT2D eigenvalue weighted by atomic mass is 10.2. The molecular formula is C21H20N4O3S. The summed E-state index contributed by atoms with van der Waals surface area (Å²) in [7, 11) is 0. The standard InChI is InChI=1S/C21H20N4O3S/c1-2-5-17-16(4-1)21(23-20(22-17)13-25-7-10-26-11-8-25)29-14-15-12-19(28-24-15)18-6-3-9-27-18/h1-6,9,12H,7-8,10-11,13-14H2. The Morgan fingerprint density at radius 3 is 2.76 bits per heavy atom. The third kappa shape index (κ3) is 4.19. The van der Waals surface area contributed by atoms with E-state index in [1.807, 2.05) is 36.4 Å². The molecule has 5 rings (SSSR count). The van der Waals surface area contributed by atoms with E-state index in [0.29, 0.717) is 17.3 Å². The van der Waals surface area contributed by atoms with Crippen LogP contribution >= 0.6 is 11.8 Å². The van der Waals surface area contributed by atoms with Crippen molar-refractivity contribution in [2.75, 3.05) is 26.3 Å².